The van der Waals surface area contributed by atoms with Crippen LogP contribution in [0.3, 0.4) is 0 Å². The maximum atomic E-state index is 11.2. The lowest BCUT2D eigenvalue weighted by atomic mass is 9.92. The number of fused-ring (bicyclic) bond motifs is 1. The summed E-state index contributed by atoms with van der Waals surface area (Å²) in [5, 5.41) is 20.0. The summed E-state index contributed by atoms with van der Waals surface area (Å²) in [6.07, 6.45) is 1.15. The van der Waals surface area contributed by atoms with Gasteiger partial charge in [-0.15, -0.1) is 0 Å². The van der Waals surface area contributed by atoms with Crippen LogP contribution in [0.5, 0.6) is 0 Å². The van der Waals surface area contributed by atoms with Gasteiger partial charge in [0.15, 0.2) is 0 Å². The van der Waals surface area contributed by atoms with Gasteiger partial charge in [-0.2, -0.15) is 5.26 Å². The van der Waals surface area contributed by atoms with Gasteiger partial charge < -0.3 is 5.11 Å². The van der Waals surface area contributed by atoms with E-state index < -0.39 is 11.9 Å². The number of carbonyl (C=O) groups is 1. The number of nitriles is 1. The van der Waals surface area contributed by atoms with Crippen molar-refractivity contribution in [3.05, 3.63) is 48.0 Å². The molecule has 0 unspecified atom stereocenters. The normalized spacial score (nSPS) is 11.9. The predicted octanol–water partition coefficient (Wildman–Crippen LogP) is 3.39. The first-order valence-electron chi connectivity index (χ1n) is 6.28. The van der Waals surface area contributed by atoms with Gasteiger partial charge in [-0.3, -0.25) is 4.79 Å². The van der Waals surface area contributed by atoms with Crippen molar-refractivity contribution in [2.45, 2.75) is 19.3 Å². The highest BCUT2D eigenvalue weighted by Gasteiger charge is 2.18. The summed E-state index contributed by atoms with van der Waals surface area (Å²) in [5.41, 5.74) is 1.03. The molecular weight excluding hydrogens is 238 g/mol. The minimum absolute atomic E-state index is 0.279. The first-order chi connectivity index (χ1) is 9.22. The van der Waals surface area contributed by atoms with E-state index in [0.717, 1.165) is 16.3 Å². The van der Waals surface area contributed by atoms with E-state index in [1.54, 1.807) is 0 Å². The Labute approximate surface area is 112 Å². The molecule has 0 bridgehead atoms. The van der Waals surface area contributed by atoms with Crippen molar-refractivity contribution < 1.29 is 9.90 Å². The minimum Gasteiger partial charge on any atom is -0.481 e. The fourth-order valence-corrected chi connectivity index (χ4v) is 2.29. The molecular formula is C16H15NO2. The molecule has 2 aromatic rings. The zero-order valence-electron chi connectivity index (χ0n) is 10.5. The number of carboxylic acids is 1. The fourth-order valence-electron chi connectivity index (χ4n) is 2.29. The van der Waals surface area contributed by atoms with Gasteiger partial charge in [-0.1, -0.05) is 42.5 Å². The molecule has 1 N–H and O–H groups in total. The van der Waals surface area contributed by atoms with Crippen LogP contribution >= 0.6 is 0 Å². The van der Waals surface area contributed by atoms with Crippen LogP contribution in [0.15, 0.2) is 42.5 Å². The Morgan fingerprint density at radius 2 is 1.95 bits per heavy atom. The van der Waals surface area contributed by atoms with Crippen LogP contribution in [0.4, 0.5) is 0 Å². The second-order valence-corrected chi connectivity index (χ2v) is 4.57. The third-order valence-electron chi connectivity index (χ3n) is 3.30. The van der Waals surface area contributed by atoms with Crippen molar-refractivity contribution in [1.82, 2.24) is 0 Å². The zero-order valence-corrected chi connectivity index (χ0v) is 10.5. The first-order valence-corrected chi connectivity index (χ1v) is 6.28. The lowest BCUT2D eigenvalue weighted by Crippen LogP contribution is -2.16. The summed E-state index contributed by atoms with van der Waals surface area (Å²) in [6, 6.07) is 15.9. The average molecular weight is 253 g/mol. The first kappa shape index (κ1) is 13.1. The standard InChI is InChI=1S/C16H15NO2/c17-10-4-8-14(16(18)19)11-13-7-3-6-12-5-1-2-9-15(12)13/h1-3,5-7,9,14H,4,8,11H2,(H,18,19)/t14-/m1/s1. The Morgan fingerprint density at radius 3 is 2.68 bits per heavy atom. The summed E-state index contributed by atoms with van der Waals surface area (Å²) in [7, 11) is 0. The second kappa shape index (κ2) is 6.01. The van der Waals surface area contributed by atoms with Crippen LogP contribution < -0.4 is 0 Å². The molecule has 0 saturated carbocycles. The Morgan fingerprint density at radius 1 is 1.21 bits per heavy atom. The molecule has 0 aliphatic rings. The monoisotopic (exact) mass is 253 g/mol. The highest BCUT2D eigenvalue weighted by Crippen LogP contribution is 2.23. The molecule has 2 rings (SSSR count). The Balaban J connectivity index is 2.29. The van der Waals surface area contributed by atoms with E-state index >= 15 is 0 Å². The second-order valence-electron chi connectivity index (χ2n) is 4.57. The van der Waals surface area contributed by atoms with Crippen LogP contribution in [0, 0.1) is 17.2 Å². The molecule has 0 aromatic heterocycles. The molecule has 0 amide bonds. The molecule has 2 aromatic carbocycles. The number of hydrogen-bond donors (Lipinski definition) is 1. The number of benzene rings is 2. The summed E-state index contributed by atoms with van der Waals surface area (Å²) in [6.45, 7) is 0. The van der Waals surface area contributed by atoms with E-state index in [9.17, 15) is 9.90 Å². The van der Waals surface area contributed by atoms with Gasteiger partial charge in [0.25, 0.3) is 0 Å². The van der Waals surface area contributed by atoms with Gasteiger partial charge in [0.05, 0.1) is 12.0 Å². The van der Waals surface area contributed by atoms with E-state index in [0.29, 0.717) is 12.8 Å². The van der Waals surface area contributed by atoms with E-state index in [1.807, 2.05) is 48.5 Å². The molecule has 1 atom stereocenters. The molecule has 0 aliphatic heterocycles. The largest absolute Gasteiger partial charge is 0.481 e. The highest BCUT2D eigenvalue weighted by atomic mass is 16.4. The van der Waals surface area contributed by atoms with Crippen molar-refractivity contribution in [2.75, 3.05) is 0 Å². The molecule has 19 heavy (non-hydrogen) atoms. The highest BCUT2D eigenvalue weighted by molar-refractivity contribution is 5.86. The van der Waals surface area contributed by atoms with E-state index in [-0.39, 0.29) is 6.42 Å². The maximum Gasteiger partial charge on any atom is 0.306 e. The number of aliphatic carboxylic acids is 1. The lowest BCUT2D eigenvalue weighted by Gasteiger charge is -2.12. The van der Waals surface area contributed by atoms with E-state index in [2.05, 4.69) is 0 Å². The van der Waals surface area contributed by atoms with Gasteiger partial charge in [0, 0.05) is 6.42 Å². The molecule has 0 fully saturated rings. The van der Waals surface area contributed by atoms with Crippen molar-refractivity contribution >= 4 is 16.7 Å². The van der Waals surface area contributed by atoms with Gasteiger partial charge in [-0.05, 0) is 29.2 Å². The van der Waals surface area contributed by atoms with E-state index in [4.69, 9.17) is 5.26 Å². The molecule has 0 saturated heterocycles. The number of rotatable bonds is 5. The quantitative estimate of drug-likeness (QED) is 0.888. The molecule has 3 nitrogen and oxygen atoms in total. The van der Waals surface area contributed by atoms with Crippen LogP contribution in [0.25, 0.3) is 10.8 Å². The molecule has 96 valence electrons. The summed E-state index contributed by atoms with van der Waals surface area (Å²) < 4.78 is 0. The van der Waals surface area contributed by atoms with Gasteiger partial charge in [0.2, 0.25) is 0 Å². The number of carboxylic acid groups (broad SMARTS) is 1. The van der Waals surface area contributed by atoms with Crippen molar-refractivity contribution in [3.8, 4) is 6.07 Å². The van der Waals surface area contributed by atoms with Crippen LogP contribution in [0.1, 0.15) is 18.4 Å². The smallest absolute Gasteiger partial charge is 0.306 e. The predicted molar refractivity (Wildman–Crippen MR) is 73.6 cm³/mol. The maximum absolute atomic E-state index is 11.2. The Kier molecular flexibility index (Phi) is 4.15. The summed E-state index contributed by atoms with van der Waals surface area (Å²) >= 11 is 0. The van der Waals surface area contributed by atoms with Crippen molar-refractivity contribution in [1.29, 1.82) is 5.26 Å². The van der Waals surface area contributed by atoms with Gasteiger partial charge in [-0.25, -0.2) is 0 Å². The average Bonchev–Trinajstić information content (AvgIpc) is 2.43. The molecule has 0 aliphatic carbocycles. The van der Waals surface area contributed by atoms with Crippen molar-refractivity contribution in [2.24, 2.45) is 5.92 Å². The Hall–Kier alpha value is -2.34. The SMILES string of the molecule is N#CCC[C@H](Cc1cccc2ccccc12)C(=O)O. The van der Waals surface area contributed by atoms with Gasteiger partial charge in [0.1, 0.15) is 0 Å². The number of hydrogen-bond acceptors (Lipinski definition) is 2. The van der Waals surface area contributed by atoms with Crippen LogP contribution in [-0.2, 0) is 11.2 Å². The third kappa shape index (κ3) is 3.11. The molecule has 0 heterocycles. The molecule has 3 heteroatoms. The lowest BCUT2D eigenvalue weighted by molar-refractivity contribution is -0.141. The zero-order chi connectivity index (χ0) is 13.7. The fraction of sp³-hybridized carbons (Fsp3) is 0.250. The third-order valence-corrected chi connectivity index (χ3v) is 3.30. The Bertz CT molecular complexity index is 623. The molecule has 0 radical (unpaired) electrons. The van der Waals surface area contributed by atoms with Gasteiger partial charge >= 0.3 is 5.97 Å². The molecule has 0 spiro atoms. The van der Waals surface area contributed by atoms with Crippen molar-refractivity contribution in [3.63, 3.8) is 0 Å². The minimum atomic E-state index is -0.830. The van der Waals surface area contributed by atoms with E-state index in [1.165, 1.54) is 0 Å². The number of nitrogens with zero attached hydrogens (tertiary/aromatic N) is 1. The topological polar surface area (TPSA) is 61.1 Å². The van der Waals surface area contributed by atoms with Crippen LogP contribution in [-0.4, -0.2) is 11.1 Å². The van der Waals surface area contributed by atoms with Crippen LogP contribution in [0.2, 0.25) is 0 Å². The summed E-state index contributed by atoms with van der Waals surface area (Å²) in [5.74, 6) is -1.33. The summed E-state index contributed by atoms with van der Waals surface area (Å²) in [4.78, 5) is 11.2.